The molecule has 0 aliphatic carbocycles. The fraction of sp³-hybridized carbons (Fsp3) is 0.348. The third-order valence-electron chi connectivity index (χ3n) is 5.43. The van der Waals surface area contributed by atoms with Gasteiger partial charge in [0.15, 0.2) is 0 Å². The van der Waals surface area contributed by atoms with Crippen molar-refractivity contribution in [1.82, 2.24) is 9.62 Å². The van der Waals surface area contributed by atoms with Crippen molar-refractivity contribution in [3.8, 4) is 0 Å². The predicted molar refractivity (Wildman–Crippen MR) is 116 cm³/mol. The minimum absolute atomic E-state index is 0.00220. The molecule has 0 unspecified atom stereocenters. The van der Waals surface area contributed by atoms with Crippen molar-refractivity contribution in [1.29, 1.82) is 0 Å². The van der Waals surface area contributed by atoms with Crippen molar-refractivity contribution in [3.63, 3.8) is 0 Å². The summed E-state index contributed by atoms with van der Waals surface area (Å²) in [6, 6.07) is 17.3. The number of benzene rings is 2. The van der Waals surface area contributed by atoms with E-state index in [1.54, 1.807) is 6.08 Å². The van der Waals surface area contributed by atoms with Crippen LogP contribution in [0, 0.1) is 12.8 Å². The molecule has 0 bridgehead atoms. The molecule has 1 aliphatic heterocycles. The molecule has 0 radical (unpaired) electrons. The summed E-state index contributed by atoms with van der Waals surface area (Å²) in [6.45, 7) is 4.73. The molecule has 5 nitrogen and oxygen atoms in total. The van der Waals surface area contributed by atoms with Gasteiger partial charge in [-0.3, -0.25) is 4.79 Å². The van der Waals surface area contributed by atoms with Crippen LogP contribution in [0.5, 0.6) is 0 Å². The Morgan fingerprint density at radius 1 is 1.07 bits per heavy atom. The van der Waals surface area contributed by atoms with Gasteiger partial charge in [0.25, 0.3) is 0 Å². The molecule has 1 heterocycles. The molecule has 1 aliphatic rings. The van der Waals surface area contributed by atoms with Crippen molar-refractivity contribution < 1.29 is 13.2 Å². The normalized spacial score (nSPS) is 17.3. The highest BCUT2D eigenvalue weighted by Crippen LogP contribution is 2.23. The molecule has 29 heavy (non-hydrogen) atoms. The summed E-state index contributed by atoms with van der Waals surface area (Å²) < 4.78 is 26.6. The molecular formula is C23H28N2O3S. The lowest BCUT2D eigenvalue weighted by molar-refractivity contribution is -0.126. The second-order valence-electron chi connectivity index (χ2n) is 7.52. The van der Waals surface area contributed by atoms with E-state index in [9.17, 15) is 13.2 Å². The fourth-order valence-electron chi connectivity index (χ4n) is 3.67. The third-order valence-corrected chi connectivity index (χ3v) is 7.00. The standard InChI is InChI=1S/C23H28N2O3S/c1-18-8-6-7-11-22(18)19(2)24-23(26)21-12-15-25(16-13-21)29(27,28)17-14-20-9-4-3-5-10-20/h3-11,14,17,19,21H,12-13,15-16H2,1-2H3,(H,24,26)/b17-14+/t19-/m0/s1. The lowest BCUT2D eigenvalue weighted by Gasteiger charge is -2.30. The zero-order chi connectivity index (χ0) is 20.9. The van der Waals surface area contributed by atoms with E-state index in [4.69, 9.17) is 0 Å². The second kappa shape index (κ2) is 9.37. The van der Waals surface area contributed by atoms with Crippen LogP contribution >= 0.6 is 0 Å². The molecule has 1 saturated heterocycles. The molecule has 0 aromatic heterocycles. The van der Waals surface area contributed by atoms with Crippen molar-refractivity contribution >= 4 is 22.0 Å². The Hall–Kier alpha value is -2.44. The van der Waals surface area contributed by atoms with Gasteiger partial charge in [-0.05, 0) is 49.5 Å². The third kappa shape index (κ3) is 5.55. The smallest absolute Gasteiger partial charge is 0.236 e. The minimum atomic E-state index is -3.48. The van der Waals surface area contributed by atoms with E-state index in [1.165, 1.54) is 9.71 Å². The number of amides is 1. The van der Waals surface area contributed by atoms with Crippen LogP contribution in [0.15, 0.2) is 60.0 Å². The number of carbonyl (C=O) groups excluding carboxylic acids is 1. The number of nitrogens with zero attached hydrogens (tertiary/aromatic N) is 1. The average molecular weight is 413 g/mol. The van der Waals surface area contributed by atoms with E-state index in [0.717, 1.165) is 16.7 Å². The van der Waals surface area contributed by atoms with Gasteiger partial charge in [-0.15, -0.1) is 0 Å². The summed E-state index contributed by atoms with van der Waals surface area (Å²) in [5.41, 5.74) is 3.09. The topological polar surface area (TPSA) is 66.5 Å². The van der Waals surface area contributed by atoms with Gasteiger partial charge in [-0.25, -0.2) is 8.42 Å². The molecule has 2 aromatic carbocycles. The van der Waals surface area contributed by atoms with E-state index in [1.807, 2.05) is 68.4 Å². The van der Waals surface area contributed by atoms with Crippen LogP contribution in [0.1, 0.15) is 42.5 Å². The molecule has 1 atom stereocenters. The molecule has 2 aromatic rings. The summed E-state index contributed by atoms with van der Waals surface area (Å²) in [4.78, 5) is 12.7. The van der Waals surface area contributed by atoms with E-state index < -0.39 is 10.0 Å². The molecule has 1 N–H and O–H groups in total. The van der Waals surface area contributed by atoms with E-state index >= 15 is 0 Å². The number of carbonyl (C=O) groups is 1. The highest BCUT2D eigenvalue weighted by molar-refractivity contribution is 7.92. The van der Waals surface area contributed by atoms with Gasteiger partial charge in [0.05, 0.1) is 6.04 Å². The Morgan fingerprint density at radius 3 is 2.34 bits per heavy atom. The SMILES string of the molecule is Cc1ccccc1[C@H](C)NC(=O)C1CCN(S(=O)(=O)/C=C/c2ccccc2)CC1. The fourth-order valence-corrected chi connectivity index (χ4v) is 4.89. The van der Waals surface area contributed by atoms with Crippen LogP contribution in [0.2, 0.25) is 0 Å². The summed E-state index contributed by atoms with van der Waals surface area (Å²) in [5.74, 6) is -0.163. The minimum Gasteiger partial charge on any atom is -0.349 e. The van der Waals surface area contributed by atoms with Gasteiger partial charge in [-0.2, -0.15) is 4.31 Å². The number of sulfonamides is 1. The first kappa shape index (κ1) is 21.3. The van der Waals surface area contributed by atoms with Crippen LogP contribution in [0.4, 0.5) is 0 Å². The van der Waals surface area contributed by atoms with Crippen LogP contribution in [0.25, 0.3) is 6.08 Å². The maximum Gasteiger partial charge on any atom is 0.236 e. The molecule has 0 spiro atoms. The van der Waals surface area contributed by atoms with Crippen LogP contribution in [0.3, 0.4) is 0 Å². The number of piperidine rings is 1. The Balaban J connectivity index is 1.55. The monoisotopic (exact) mass is 412 g/mol. The lowest BCUT2D eigenvalue weighted by Crippen LogP contribution is -2.42. The molecular weight excluding hydrogens is 384 g/mol. The molecule has 6 heteroatoms. The van der Waals surface area contributed by atoms with Crippen LogP contribution in [-0.2, 0) is 14.8 Å². The quantitative estimate of drug-likeness (QED) is 0.783. The number of nitrogens with one attached hydrogen (secondary N) is 1. The van der Waals surface area contributed by atoms with Crippen molar-refractivity contribution in [2.45, 2.75) is 32.7 Å². The zero-order valence-corrected chi connectivity index (χ0v) is 17.7. The molecule has 1 amide bonds. The summed E-state index contributed by atoms with van der Waals surface area (Å²) >= 11 is 0. The van der Waals surface area contributed by atoms with Crippen LogP contribution in [-0.4, -0.2) is 31.7 Å². The van der Waals surface area contributed by atoms with E-state index in [2.05, 4.69) is 5.32 Å². The number of hydrogen-bond donors (Lipinski definition) is 1. The molecule has 1 fully saturated rings. The molecule has 3 rings (SSSR count). The Kier molecular flexibility index (Phi) is 6.87. The van der Waals surface area contributed by atoms with Gasteiger partial charge in [0.1, 0.15) is 0 Å². The van der Waals surface area contributed by atoms with Crippen LogP contribution < -0.4 is 5.32 Å². The molecule has 0 saturated carbocycles. The van der Waals surface area contributed by atoms with Crippen molar-refractivity contribution in [3.05, 3.63) is 76.7 Å². The van der Waals surface area contributed by atoms with Crippen molar-refractivity contribution in [2.24, 2.45) is 5.92 Å². The number of aryl methyl sites for hydroxylation is 1. The van der Waals surface area contributed by atoms with Gasteiger partial charge in [0, 0.05) is 24.4 Å². The highest BCUT2D eigenvalue weighted by atomic mass is 32.2. The molecule has 154 valence electrons. The summed E-state index contributed by atoms with van der Waals surface area (Å²) in [5, 5.41) is 4.34. The van der Waals surface area contributed by atoms with Gasteiger partial charge in [0.2, 0.25) is 15.9 Å². The zero-order valence-electron chi connectivity index (χ0n) is 16.9. The average Bonchev–Trinajstić information content (AvgIpc) is 2.73. The van der Waals surface area contributed by atoms with E-state index in [-0.39, 0.29) is 17.9 Å². The maximum absolute atomic E-state index is 12.7. The lowest BCUT2D eigenvalue weighted by atomic mass is 9.96. The predicted octanol–water partition coefficient (Wildman–Crippen LogP) is 3.88. The Bertz CT molecular complexity index is 963. The van der Waals surface area contributed by atoms with Gasteiger partial charge < -0.3 is 5.32 Å². The van der Waals surface area contributed by atoms with Gasteiger partial charge >= 0.3 is 0 Å². The van der Waals surface area contributed by atoms with Crippen molar-refractivity contribution in [2.75, 3.05) is 13.1 Å². The summed E-state index contributed by atoms with van der Waals surface area (Å²) in [6.07, 6.45) is 2.67. The Morgan fingerprint density at radius 2 is 1.69 bits per heavy atom. The van der Waals surface area contributed by atoms with E-state index in [0.29, 0.717) is 25.9 Å². The summed E-state index contributed by atoms with van der Waals surface area (Å²) in [7, 11) is -3.48. The van der Waals surface area contributed by atoms with Gasteiger partial charge in [-0.1, -0.05) is 54.6 Å². The number of rotatable bonds is 6. The second-order valence-corrected chi connectivity index (χ2v) is 9.34. The first-order chi connectivity index (χ1) is 13.9. The maximum atomic E-state index is 12.7. The largest absolute Gasteiger partial charge is 0.349 e. The highest BCUT2D eigenvalue weighted by Gasteiger charge is 2.30. The Labute approximate surface area is 173 Å². The number of hydrogen-bond acceptors (Lipinski definition) is 3. The first-order valence-corrected chi connectivity index (χ1v) is 11.5. The first-order valence-electron chi connectivity index (χ1n) is 9.96.